The first-order chi connectivity index (χ1) is 27.0. The summed E-state index contributed by atoms with van der Waals surface area (Å²) in [7, 11) is 0. The van der Waals surface area contributed by atoms with Crippen LogP contribution in [0.2, 0.25) is 0 Å². The first-order valence-corrected chi connectivity index (χ1v) is 19.1. The van der Waals surface area contributed by atoms with Gasteiger partial charge in [0.15, 0.2) is 5.82 Å². The molecule has 2 heteroatoms. The predicted octanol–water partition coefficient (Wildman–Crippen LogP) is 14.0. The summed E-state index contributed by atoms with van der Waals surface area (Å²) in [6, 6.07) is 66.0. The Kier molecular flexibility index (Phi) is 6.93. The van der Waals surface area contributed by atoms with Gasteiger partial charge in [0, 0.05) is 22.1 Å². The van der Waals surface area contributed by atoms with Crippen LogP contribution >= 0.6 is 0 Å². The zero-order valence-electron chi connectivity index (χ0n) is 30.7. The monoisotopic (exact) mass is 700 g/mol. The van der Waals surface area contributed by atoms with Crippen molar-refractivity contribution in [3.05, 3.63) is 193 Å². The number of benzene rings is 9. The van der Waals surface area contributed by atoms with Crippen molar-refractivity contribution in [2.75, 3.05) is 0 Å². The van der Waals surface area contributed by atoms with Crippen molar-refractivity contribution < 1.29 is 0 Å². The Labute approximate surface area is 320 Å². The number of hydrogen-bond acceptors (Lipinski definition) is 2. The van der Waals surface area contributed by atoms with Crippen LogP contribution in [0.3, 0.4) is 0 Å². The SMILES string of the molecule is CC1(C)c2cc(-c3cc(-c4ccccc4)nc(-c4ccccc4)n3)ccc2-c2c(-c3ccc(-c4ccc5ccc6cccc7ccc4c5c67)cc3)cccc21. The third-order valence-corrected chi connectivity index (χ3v) is 11.9. The van der Waals surface area contributed by atoms with Crippen molar-refractivity contribution >= 4 is 32.3 Å². The number of aromatic nitrogens is 2. The molecular weight excluding hydrogens is 665 g/mol. The van der Waals surface area contributed by atoms with Crippen LogP contribution in [0.4, 0.5) is 0 Å². The third kappa shape index (κ3) is 4.95. The van der Waals surface area contributed by atoms with Gasteiger partial charge in [-0.1, -0.05) is 184 Å². The summed E-state index contributed by atoms with van der Waals surface area (Å²) < 4.78 is 0. The van der Waals surface area contributed by atoms with E-state index < -0.39 is 0 Å². The maximum atomic E-state index is 5.15. The van der Waals surface area contributed by atoms with E-state index in [1.165, 1.54) is 76.8 Å². The molecule has 1 aliphatic rings. The lowest BCUT2D eigenvalue weighted by Crippen LogP contribution is -2.15. The standard InChI is InChI=1S/C53H36N2/c1-53(2)45-18-10-17-42(34-21-19-33(20-22-34)41-28-25-38-24-23-36-15-9-16-37-26-29-43(41)50(38)49(36)37)51(45)44-30-27-40(31-46(44)53)48-32-47(35-11-5-3-6-12-35)54-52(55-48)39-13-7-4-8-14-39/h3-32H,1-2H3. The molecule has 0 radical (unpaired) electrons. The Balaban J connectivity index is 1.00. The number of fused-ring (bicyclic) bond motifs is 3. The van der Waals surface area contributed by atoms with E-state index >= 15 is 0 Å². The quantitative estimate of drug-likeness (QED) is 0.167. The van der Waals surface area contributed by atoms with Crippen LogP contribution in [0, 0.1) is 0 Å². The van der Waals surface area contributed by atoms with Gasteiger partial charge in [-0.3, -0.25) is 0 Å². The fourth-order valence-corrected chi connectivity index (χ4v) is 9.07. The lowest BCUT2D eigenvalue weighted by atomic mass is 9.81. The van der Waals surface area contributed by atoms with Crippen molar-refractivity contribution in [2.24, 2.45) is 0 Å². The average Bonchev–Trinajstić information content (AvgIpc) is 3.48. The first kappa shape index (κ1) is 31.6. The number of nitrogens with zero attached hydrogens (tertiary/aromatic N) is 2. The smallest absolute Gasteiger partial charge is 0.160 e. The number of rotatable bonds is 5. The highest BCUT2D eigenvalue weighted by Crippen LogP contribution is 2.53. The minimum Gasteiger partial charge on any atom is -0.228 e. The van der Waals surface area contributed by atoms with Crippen molar-refractivity contribution in [3.63, 3.8) is 0 Å². The summed E-state index contributed by atoms with van der Waals surface area (Å²) in [5, 5.41) is 7.89. The van der Waals surface area contributed by atoms with E-state index in [-0.39, 0.29) is 5.41 Å². The highest BCUT2D eigenvalue weighted by Gasteiger charge is 2.37. The molecule has 9 aromatic carbocycles. The maximum absolute atomic E-state index is 5.15. The molecule has 11 rings (SSSR count). The molecule has 0 unspecified atom stereocenters. The van der Waals surface area contributed by atoms with E-state index in [0.29, 0.717) is 0 Å². The molecule has 0 aliphatic heterocycles. The molecule has 1 heterocycles. The molecule has 0 atom stereocenters. The second-order valence-electron chi connectivity index (χ2n) is 15.4. The molecule has 55 heavy (non-hydrogen) atoms. The lowest BCUT2D eigenvalue weighted by molar-refractivity contribution is 0.660. The van der Waals surface area contributed by atoms with Crippen molar-refractivity contribution in [2.45, 2.75) is 19.3 Å². The van der Waals surface area contributed by atoms with Gasteiger partial charge in [0.25, 0.3) is 0 Å². The van der Waals surface area contributed by atoms with Gasteiger partial charge in [0.2, 0.25) is 0 Å². The van der Waals surface area contributed by atoms with Crippen molar-refractivity contribution in [1.29, 1.82) is 0 Å². The summed E-state index contributed by atoms with van der Waals surface area (Å²) in [5.74, 6) is 0.729. The molecule has 258 valence electrons. The van der Waals surface area contributed by atoms with Crippen molar-refractivity contribution in [3.8, 4) is 67.3 Å². The highest BCUT2D eigenvalue weighted by molar-refractivity contribution is 6.25. The molecule has 0 saturated carbocycles. The van der Waals surface area contributed by atoms with Crippen LogP contribution in [0.1, 0.15) is 25.0 Å². The minimum atomic E-state index is -0.185. The Morgan fingerprint density at radius 1 is 0.364 bits per heavy atom. The van der Waals surface area contributed by atoms with Crippen LogP contribution in [0.25, 0.3) is 99.6 Å². The highest BCUT2D eigenvalue weighted by atomic mass is 14.9. The zero-order valence-corrected chi connectivity index (χ0v) is 30.7. The van der Waals surface area contributed by atoms with Crippen LogP contribution in [0.5, 0.6) is 0 Å². The van der Waals surface area contributed by atoms with E-state index in [9.17, 15) is 0 Å². The molecule has 10 aromatic rings. The van der Waals surface area contributed by atoms with E-state index in [4.69, 9.17) is 9.97 Å². The van der Waals surface area contributed by atoms with Gasteiger partial charge in [-0.15, -0.1) is 0 Å². The van der Waals surface area contributed by atoms with Gasteiger partial charge < -0.3 is 0 Å². The Morgan fingerprint density at radius 3 is 1.65 bits per heavy atom. The molecule has 0 amide bonds. The zero-order chi connectivity index (χ0) is 36.7. The molecule has 1 aliphatic carbocycles. The van der Waals surface area contributed by atoms with Crippen molar-refractivity contribution in [1.82, 2.24) is 9.97 Å². The van der Waals surface area contributed by atoms with Crippen LogP contribution in [0.15, 0.2) is 182 Å². The predicted molar refractivity (Wildman–Crippen MR) is 230 cm³/mol. The van der Waals surface area contributed by atoms with Crippen LogP contribution in [-0.2, 0) is 5.41 Å². The van der Waals surface area contributed by atoms with Gasteiger partial charge in [0.05, 0.1) is 11.4 Å². The molecule has 0 fully saturated rings. The van der Waals surface area contributed by atoms with Gasteiger partial charge in [-0.05, 0) is 89.0 Å². The summed E-state index contributed by atoms with van der Waals surface area (Å²) in [6.45, 7) is 4.71. The van der Waals surface area contributed by atoms with Crippen LogP contribution < -0.4 is 0 Å². The largest absolute Gasteiger partial charge is 0.228 e. The topological polar surface area (TPSA) is 25.8 Å². The van der Waals surface area contributed by atoms with Gasteiger partial charge in [-0.2, -0.15) is 0 Å². The molecule has 0 N–H and O–H groups in total. The maximum Gasteiger partial charge on any atom is 0.160 e. The second-order valence-corrected chi connectivity index (χ2v) is 15.4. The summed E-state index contributed by atoms with van der Waals surface area (Å²) in [4.78, 5) is 10.2. The molecular formula is C53H36N2. The average molecular weight is 701 g/mol. The van der Waals surface area contributed by atoms with Crippen LogP contribution in [-0.4, -0.2) is 9.97 Å². The summed E-state index contributed by atoms with van der Waals surface area (Å²) in [5.41, 5.74) is 15.1. The number of hydrogen-bond donors (Lipinski definition) is 0. The summed E-state index contributed by atoms with van der Waals surface area (Å²) in [6.07, 6.45) is 0. The fraction of sp³-hybridized carbons (Fsp3) is 0.0566. The molecule has 2 nitrogen and oxygen atoms in total. The first-order valence-electron chi connectivity index (χ1n) is 19.1. The summed E-state index contributed by atoms with van der Waals surface area (Å²) >= 11 is 0. The van der Waals surface area contributed by atoms with E-state index in [0.717, 1.165) is 33.9 Å². The Hall–Kier alpha value is -6.90. The van der Waals surface area contributed by atoms with E-state index in [2.05, 4.69) is 172 Å². The molecule has 0 bridgehead atoms. The lowest BCUT2D eigenvalue weighted by Gasteiger charge is -2.22. The Bertz CT molecular complexity index is 3010. The van der Waals surface area contributed by atoms with E-state index in [1.54, 1.807) is 0 Å². The van der Waals surface area contributed by atoms with Gasteiger partial charge in [-0.25, -0.2) is 9.97 Å². The minimum absolute atomic E-state index is 0.185. The fourth-order valence-electron chi connectivity index (χ4n) is 9.07. The van der Waals surface area contributed by atoms with E-state index in [1.807, 2.05) is 24.3 Å². The molecule has 0 spiro atoms. The Morgan fingerprint density at radius 2 is 0.927 bits per heavy atom. The third-order valence-electron chi connectivity index (χ3n) is 11.9. The molecule has 1 aromatic heterocycles. The van der Waals surface area contributed by atoms with Gasteiger partial charge >= 0.3 is 0 Å². The normalized spacial score (nSPS) is 13.1. The van der Waals surface area contributed by atoms with Gasteiger partial charge in [0.1, 0.15) is 0 Å². The second kappa shape index (κ2) is 12.1. The molecule has 0 saturated heterocycles.